The number of amides is 2. The Morgan fingerprint density at radius 2 is 1.51 bits per heavy atom. The lowest BCUT2D eigenvalue weighted by Crippen LogP contribution is -2.50. The number of nitrogens with zero attached hydrogens (tertiary/aromatic N) is 1. The smallest absolute Gasteiger partial charge is 0.243 e. The molecule has 5 rings (SSSR count). The minimum atomic E-state index is -0.844. The van der Waals surface area contributed by atoms with Gasteiger partial charge in [-0.25, -0.2) is 0 Å². The van der Waals surface area contributed by atoms with Gasteiger partial charge in [0.1, 0.15) is 6.04 Å². The summed E-state index contributed by atoms with van der Waals surface area (Å²) in [6.45, 7) is 0.536. The summed E-state index contributed by atoms with van der Waals surface area (Å²) >= 11 is 1.72. The minimum Gasteiger partial charge on any atom is -0.390 e. The van der Waals surface area contributed by atoms with E-state index in [2.05, 4.69) is 39.8 Å². The van der Waals surface area contributed by atoms with Gasteiger partial charge in [-0.2, -0.15) is 0 Å². The van der Waals surface area contributed by atoms with Gasteiger partial charge in [0.05, 0.1) is 17.5 Å². The lowest BCUT2D eigenvalue weighted by Gasteiger charge is -2.32. The molecule has 0 aliphatic carbocycles. The van der Waals surface area contributed by atoms with Crippen molar-refractivity contribution in [2.75, 3.05) is 24.5 Å². The number of para-hydroxylation sites is 2. The second-order valence-corrected chi connectivity index (χ2v) is 10.7. The van der Waals surface area contributed by atoms with Crippen LogP contribution in [-0.4, -0.2) is 48.7 Å². The quantitative estimate of drug-likeness (QED) is 0.242. The normalized spacial score (nSPS) is 13.7. The van der Waals surface area contributed by atoms with Gasteiger partial charge in [-0.05, 0) is 40.6 Å². The lowest BCUT2D eigenvalue weighted by atomic mass is 10.0. The Kier molecular flexibility index (Phi) is 8.46. The third-order valence-corrected chi connectivity index (χ3v) is 7.91. The molecule has 39 heavy (non-hydrogen) atoms. The van der Waals surface area contributed by atoms with E-state index in [-0.39, 0.29) is 31.3 Å². The molecule has 1 aliphatic rings. The molecule has 1 aliphatic heterocycles. The van der Waals surface area contributed by atoms with E-state index in [0.717, 1.165) is 37.5 Å². The van der Waals surface area contributed by atoms with Crippen LogP contribution in [0.4, 0.5) is 11.4 Å². The van der Waals surface area contributed by atoms with Crippen LogP contribution < -0.4 is 21.3 Å². The number of nitrogens with one attached hydrogen (secondary N) is 2. The lowest BCUT2D eigenvalue weighted by molar-refractivity contribution is -0.129. The van der Waals surface area contributed by atoms with Gasteiger partial charge in [-0.15, -0.1) is 0 Å². The number of fused-ring (bicyclic) bond motifs is 3. The van der Waals surface area contributed by atoms with E-state index in [1.54, 1.807) is 11.8 Å². The number of aliphatic hydroxyl groups is 1. The number of nitrogens with two attached hydrogens (primary N) is 1. The van der Waals surface area contributed by atoms with Gasteiger partial charge in [-0.3, -0.25) is 9.59 Å². The molecule has 1 heterocycles. The molecule has 2 atom stereocenters. The minimum absolute atomic E-state index is 0.0262. The highest BCUT2D eigenvalue weighted by Gasteiger charge is 2.25. The van der Waals surface area contributed by atoms with E-state index in [1.165, 1.54) is 0 Å². The van der Waals surface area contributed by atoms with Gasteiger partial charge in [0, 0.05) is 42.3 Å². The third kappa shape index (κ3) is 6.42. The molecule has 0 spiro atoms. The number of hydrogen-bond donors (Lipinski definition) is 4. The molecule has 200 valence electrons. The highest BCUT2D eigenvalue weighted by atomic mass is 32.2. The van der Waals surface area contributed by atoms with Gasteiger partial charge in [-0.1, -0.05) is 78.5 Å². The summed E-state index contributed by atoms with van der Waals surface area (Å²) < 4.78 is 0. The van der Waals surface area contributed by atoms with Crippen LogP contribution in [0, 0.1) is 0 Å². The summed E-state index contributed by atoms with van der Waals surface area (Å²) in [5.74, 6) is -0.572. The molecule has 0 radical (unpaired) electrons. The largest absolute Gasteiger partial charge is 0.390 e. The summed E-state index contributed by atoms with van der Waals surface area (Å²) in [4.78, 5) is 30.8. The van der Waals surface area contributed by atoms with E-state index >= 15 is 0 Å². The first-order valence-corrected chi connectivity index (χ1v) is 13.9. The van der Waals surface area contributed by atoms with Crippen molar-refractivity contribution in [1.29, 1.82) is 0 Å². The SMILES string of the molecule is NCC(O)CNC(=O)[C@@H](Cc1ccc2ccccc2c1)NC(=O)CCN1c2ccccc2Sc2ccccc21. The Morgan fingerprint density at radius 1 is 0.872 bits per heavy atom. The van der Waals surface area contributed by atoms with Crippen LogP contribution in [0.2, 0.25) is 0 Å². The zero-order valence-corrected chi connectivity index (χ0v) is 22.4. The fourth-order valence-electron chi connectivity index (χ4n) is 4.74. The Bertz CT molecular complexity index is 1430. The van der Waals surface area contributed by atoms with Crippen molar-refractivity contribution in [2.24, 2.45) is 5.73 Å². The predicted octanol–water partition coefficient (Wildman–Crippen LogP) is 4.00. The predicted molar refractivity (Wildman–Crippen MR) is 156 cm³/mol. The molecule has 7 nitrogen and oxygen atoms in total. The number of hydrogen-bond acceptors (Lipinski definition) is 6. The molecule has 0 bridgehead atoms. The van der Waals surface area contributed by atoms with E-state index in [1.807, 2.05) is 66.7 Å². The van der Waals surface area contributed by atoms with Crippen LogP contribution in [-0.2, 0) is 16.0 Å². The Morgan fingerprint density at radius 3 is 2.21 bits per heavy atom. The molecule has 0 saturated carbocycles. The maximum absolute atomic E-state index is 13.2. The average molecular weight is 541 g/mol. The fraction of sp³-hybridized carbons (Fsp3) is 0.226. The zero-order valence-electron chi connectivity index (χ0n) is 21.5. The van der Waals surface area contributed by atoms with Crippen LogP contribution in [0.25, 0.3) is 10.8 Å². The van der Waals surface area contributed by atoms with Crippen molar-refractivity contribution >= 4 is 45.7 Å². The second kappa shape index (κ2) is 12.3. The fourth-order valence-corrected chi connectivity index (χ4v) is 5.83. The summed E-state index contributed by atoms with van der Waals surface area (Å²) in [6, 6.07) is 29.6. The van der Waals surface area contributed by atoms with Crippen molar-refractivity contribution < 1.29 is 14.7 Å². The number of benzene rings is 4. The van der Waals surface area contributed by atoms with Crippen LogP contribution in [0.15, 0.2) is 101 Å². The van der Waals surface area contributed by atoms with E-state index in [4.69, 9.17) is 5.73 Å². The Hall–Kier alpha value is -3.85. The summed E-state index contributed by atoms with van der Waals surface area (Å²) in [5.41, 5.74) is 8.56. The topological polar surface area (TPSA) is 108 Å². The van der Waals surface area contributed by atoms with Gasteiger partial charge >= 0.3 is 0 Å². The zero-order chi connectivity index (χ0) is 27.2. The van der Waals surface area contributed by atoms with Crippen molar-refractivity contribution in [3.63, 3.8) is 0 Å². The number of rotatable bonds is 10. The molecule has 0 aromatic heterocycles. The van der Waals surface area contributed by atoms with E-state index < -0.39 is 12.1 Å². The third-order valence-electron chi connectivity index (χ3n) is 6.78. The Balaban J connectivity index is 1.30. The van der Waals surface area contributed by atoms with E-state index in [0.29, 0.717) is 13.0 Å². The highest BCUT2D eigenvalue weighted by molar-refractivity contribution is 7.99. The molecule has 4 aromatic rings. The average Bonchev–Trinajstić information content (AvgIpc) is 2.97. The van der Waals surface area contributed by atoms with Gasteiger partial charge < -0.3 is 26.4 Å². The Labute approximate surface area is 232 Å². The van der Waals surface area contributed by atoms with Gasteiger partial charge in [0.15, 0.2) is 0 Å². The van der Waals surface area contributed by atoms with E-state index in [9.17, 15) is 14.7 Å². The monoisotopic (exact) mass is 540 g/mol. The number of carbonyl (C=O) groups excluding carboxylic acids is 2. The number of aliphatic hydroxyl groups excluding tert-OH is 1. The van der Waals surface area contributed by atoms with Crippen LogP contribution in [0.1, 0.15) is 12.0 Å². The highest BCUT2D eigenvalue weighted by Crippen LogP contribution is 2.47. The number of carbonyl (C=O) groups is 2. The first kappa shape index (κ1) is 26.7. The van der Waals surface area contributed by atoms with Crippen molar-refractivity contribution in [3.8, 4) is 0 Å². The van der Waals surface area contributed by atoms with Crippen molar-refractivity contribution in [2.45, 2.75) is 34.8 Å². The molecule has 1 unspecified atom stereocenters. The van der Waals surface area contributed by atoms with Gasteiger partial charge in [0.25, 0.3) is 0 Å². The maximum Gasteiger partial charge on any atom is 0.243 e. The summed E-state index contributed by atoms with van der Waals surface area (Å²) in [5, 5.41) is 17.7. The molecule has 2 amide bonds. The van der Waals surface area contributed by atoms with Crippen molar-refractivity contribution in [1.82, 2.24) is 10.6 Å². The number of anilines is 2. The summed E-state index contributed by atoms with van der Waals surface area (Å²) in [6.07, 6.45) is -0.309. The molecular weight excluding hydrogens is 508 g/mol. The summed E-state index contributed by atoms with van der Waals surface area (Å²) in [7, 11) is 0. The first-order chi connectivity index (χ1) is 19.0. The van der Waals surface area contributed by atoms with Crippen LogP contribution in [0.5, 0.6) is 0 Å². The maximum atomic E-state index is 13.2. The van der Waals surface area contributed by atoms with Crippen LogP contribution >= 0.6 is 11.8 Å². The molecule has 8 heteroatoms. The molecule has 0 saturated heterocycles. The standard InChI is InChI=1S/C31H32N4O3S/c32-19-24(36)20-33-31(38)25(18-21-13-14-22-7-1-2-8-23(22)17-21)34-30(37)15-16-35-26-9-3-5-11-28(26)39-29-12-6-4-10-27(29)35/h1-14,17,24-25,36H,15-16,18-20,32H2,(H,33,38)(H,34,37)/t24?,25-/m1/s1. The molecular formula is C31H32N4O3S. The first-order valence-electron chi connectivity index (χ1n) is 13.1. The molecule has 0 fully saturated rings. The van der Waals surface area contributed by atoms with Gasteiger partial charge in [0.2, 0.25) is 11.8 Å². The molecule has 5 N–H and O–H groups in total. The van der Waals surface area contributed by atoms with Crippen molar-refractivity contribution in [3.05, 3.63) is 96.6 Å². The molecule has 4 aromatic carbocycles. The van der Waals surface area contributed by atoms with Crippen LogP contribution in [0.3, 0.4) is 0 Å². The second-order valence-electron chi connectivity index (χ2n) is 9.58.